The van der Waals surface area contributed by atoms with E-state index in [1.54, 1.807) is 0 Å². The summed E-state index contributed by atoms with van der Waals surface area (Å²) >= 11 is 3.43. The number of benzene rings is 1. The third-order valence-electron chi connectivity index (χ3n) is 4.28. The first-order chi connectivity index (χ1) is 11.6. The molecule has 1 atom stereocenters. The molecule has 0 radical (unpaired) electrons. The number of hydrogen-bond donors (Lipinski definition) is 2. The summed E-state index contributed by atoms with van der Waals surface area (Å²) < 4.78 is 0.983. The quantitative estimate of drug-likeness (QED) is 0.799. The summed E-state index contributed by atoms with van der Waals surface area (Å²) in [5.74, 6) is 0.136. The Morgan fingerprint density at radius 1 is 1.21 bits per heavy atom. The summed E-state index contributed by atoms with van der Waals surface area (Å²) in [6, 6.07) is 7.50. The molecule has 3 amide bonds. The van der Waals surface area contributed by atoms with E-state index < -0.39 is 0 Å². The Morgan fingerprint density at radius 2 is 1.92 bits per heavy atom. The van der Waals surface area contributed by atoms with Gasteiger partial charge < -0.3 is 15.5 Å². The van der Waals surface area contributed by atoms with Crippen LogP contribution in [0, 0.1) is 0 Å². The Hall–Kier alpha value is -1.56. The van der Waals surface area contributed by atoms with Crippen molar-refractivity contribution in [2.75, 3.05) is 19.6 Å². The minimum atomic E-state index is -0.244. The summed E-state index contributed by atoms with van der Waals surface area (Å²) in [5, 5.41) is 5.67. The Morgan fingerprint density at radius 3 is 2.58 bits per heavy atom. The zero-order valence-corrected chi connectivity index (χ0v) is 15.8. The van der Waals surface area contributed by atoms with Gasteiger partial charge in [-0.25, -0.2) is 4.79 Å². The summed E-state index contributed by atoms with van der Waals surface area (Å²) in [6.45, 7) is 4.01. The van der Waals surface area contributed by atoms with E-state index in [9.17, 15) is 9.59 Å². The van der Waals surface area contributed by atoms with E-state index in [0.29, 0.717) is 13.0 Å². The van der Waals surface area contributed by atoms with E-state index in [0.717, 1.165) is 36.0 Å². The van der Waals surface area contributed by atoms with Gasteiger partial charge in [-0.15, -0.1) is 0 Å². The highest BCUT2D eigenvalue weighted by atomic mass is 79.9. The maximum Gasteiger partial charge on any atom is 0.315 e. The number of nitrogens with zero attached hydrogens (tertiary/aromatic N) is 1. The SMILES string of the molecule is CC(NC(=O)NCCC(=O)N1CCCCCC1)c1cccc(Br)c1. The molecular formula is C18H26BrN3O2. The molecule has 2 rings (SSSR count). The molecule has 1 aliphatic heterocycles. The summed E-state index contributed by atoms with van der Waals surface area (Å²) in [6.07, 6.45) is 4.95. The first-order valence-corrected chi connectivity index (χ1v) is 9.43. The second-order valence-electron chi connectivity index (χ2n) is 6.22. The first-order valence-electron chi connectivity index (χ1n) is 8.64. The molecule has 1 aromatic rings. The van der Waals surface area contributed by atoms with Crippen molar-refractivity contribution in [2.45, 2.75) is 45.1 Å². The molecule has 1 fully saturated rings. The highest BCUT2D eigenvalue weighted by Crippen LogP contribution is 2.17. The van der Waals surface area contributed by atoms with Crippen LogP contribution >= 0.6 is 15.9 Å². The zero-order chi connectivity index (χ0) is 17.4. The number of rotatable bonds is 5. The third-order valence-corrected chi connectivity index (χ3v) is 4.77. The van der Waals surface area contributed by atoms with Crippen molar-refractivity contribution < 1.29 is 9.59 Å². The average molecular weight is 396 g/mol. The lowest BCUT2D eigenvalue weighted by Gasteiger charge is -2.20. The van der Waals surface area contributed by atoms with E-state index in [4.69, 9.17) is 0 Å². The fourth-order valence-corrected chi connectivity index (χ4v) is 3.29. The lowest BCUT2D eigenvalue weighted by molar-refractivity contribution is -0.131. The molecule has 0 aliphatic carbocycles. The van der Waals surface area contributed by atoms with Gasteiger partial charge in [-0.05, 0) is 37.5 Å². The molecule has 132 valence electrons. The zero-order valence-electron chi connectivity index (χ0n) is 14.2. The highest BCUT2D eigenvalue weighted by Gasteiger charge is 2.15. The van der Waals surface area contributed by atoms with Crippen molar-refractivity contribution in [1.82, 2.24) is 15.5 Å². The van der Waals surface area contributed by atoms with Crippen molar-refractivity contribution in [1.29, 1.82) is 0 Å². The van der Waals surface area contributed by atoms with Gasteiger partial charge in [-0.2, -0.15) is 0 Å². The second kappa shape index (κ2) is 9.67. The minimum absolute atomic E-state index is 0.0937. The first kappa shape index (κ1) is 18.8. The van der Waals surface area contributed by atoms with Crippen LogP contribution in [-0.2, 0) is 4.79 Å². The lowest BCUT2D eigenvalue weighted by Crippen LogP contribution is -2.40. The number of hydrogen-bond acceptors (Lipinski definition) is 2. The summed E-state index contributed by atoms with van der Waals surface area (Å²) in [7, 11) is 0. The van der Waals surface area contributed by atoms with Crippen LogP contribution in [0.25, 0.3) is 0 Å². The van der Waals surface area contributed by atoms with Gasteiger partial charge in [0.2, 0.25) is 5.91 Å². The number of carbonyl (C=O) groups is 2. The molecule has 0 bridgehead atoms. The van der Waals surface area contributed by atoms with Gasteiger partial charge in [0.1, 0.15) is 0 Å². The number of halogens is 1. The van der Waals surface area contributed by atoms with Crippen molar-refractivity contribution >= 4 is 27.9 Å². The standard InChI is InChI=1S/C18H26BrN3O2/c1-14(15-7-6-8-16(19)13-15)21-18(24)20-10-9-17(23)22-11-4-2-3-5-12-22/h6-8,13-14H,2-5,9-12H2,1H3,(H2,20,21,24). The molecule has 1 saturated heterocycles. The van der Waals surface area contributed by atoms with Crippen LogP contribution < -0.4 is 10.6 Å². The van der Waals surface area contributed by atoms with Gasteiger partial charge in [-0.3, -0.25) is 4.79 Å². The number of amides is 3. The molecule has 5 nitrogen and oxygen atoms in total. The maximum absolute atomic E-state index is 12.2. The number of likely N-dealkylation sites (tertiary alicyclic amines) is 1. The van der Waals surface area contributed by atoms with E-state index in [1.807, 2.05) is 36.1 Å². The predicted molar refractivity (Wildman–Crippen MR) is 98.8 cm³/mol. The normalized spacial score (nSPS) is 16.2. The molecular weight excluding hydrogens is 370 g/mol. The predicted octanol–water partition coefficient (Wildman–Crippen LogP) is 3.60. The molecule has 1 unspecified atom stereocenters. The average Bonchev–Trinajstić information content (AvgIpc) is 2.84. The fraction of sp³-hybridized carbons (Fsp3) is 0.556. The van der Waals surface area contributed by atoms with E-state index in [2.05, 4.69) is 26.6 Å². The molecule has 0 aromatic heterocycles. The fourth-order valence-electron chi connectivity index (χ4n) is 2.87. The van der Waals surface area contributed by atoms with Crippen molar-refractivity contribution in [3.05, 3.63) is 34.3 Å². The van der Waals surface area contributed by atoms with E-state index in [1.165, 1.54) is 12.8 Å². The van der Waals surface area contributed by atoms with Gasteiger partial charge in [0.15, 0.2) is 0 Å². The monoisotopic (exact) mass is 395 g/mol. The number of carbonyl (C=O) groups excluding carboxylic acids is 2. The van der Waals surface area contributed by atoms with Crippen molar-refractivity contribution in [3.8, 4) is 0 Å². The molecule has 24 heavy (non-hydrogen) atoms. The molecule has 0 saturated carbocycles. The molecule has 1 heterocycles. The Kier molecular flexibility index (Phi) is 7.56. The van der Waals surface area contributed by atoms with Gasteiger partial charge in [0.05, 0.1) is 6.04 Å². The lowest BCUT2D eigenvalue weighted by atomic mass is 10.1. The van der Waals surface area contributed by atoms with E-state index in [-0.39, 0.29) is 18.0 Å². The van der Waals surface area contributed by atoms with Crippen LogP contribution in [0.1, 0.15) is 50.6 Å². The van der Waals surface area contributed by atoms with E-state index >= 15 is 0 Å². The Bertz CT molecular complexity index is 557. The van der Waals surface area contributed by atoms with Crippen molar-refractivity contribution in [3.63, 3.8) is 0 Å². The molecule has 0 spiro atoms. The molecule has 6 heteroatoms. The van der Waals surface area contributed by atoms with Crippen molar-refractivity contribution in [2.24, 2.45) is 0 Å². The van der Waals surface area contributed by atoms with Crippen LogP contribution in [0.5, 0.6) is 0 Å². The van der Waals surface area contributed by atoms with Crippen LogP contribution in [0.4, 0.5) is 4.79 Å². The van der Waals surface area contributed by atoms with Crippen LogP contribution in [0.3, 0.4) is 0 Å². The Labute approximate surface area is 152 Å². The minimum Gasteiger partial charge on any atom is -0.343 e. The smallest absolute Gasteiger partial charge is 0.315 e. The summed E-state index contributed by atoms with van der Waals surface area (Å²) in [4.78, 5) is 26.1. The van der Waals surface area contributed by atoms with Gasteiger partial charge in [0.25, 0.3) is 0 Å². The molecule has 1 aromatic carbocycles. The maximum atomic E-state index is 12.2. The number of nitrogens with one attached hydrogen (secondary N) is 2. The van der Waals surface area contributed by atoms with Crippen LogP contribution in [-0.4, -0.2) is 36.5 Å². The van der Waals surface area contributed by atoms with Gasteiger partial charge in [-0.1, -0.05) is 40.9 Å². The van der Waals surface area contributed by atoms with Gasteiger partial charge >= 0.3 is 6.03 Å². The third kappa shape index (κ3) is 6.15. The molecule has 1 aliphatic rings. The molecule has 2 N–H and O–H groups in total. The number of urea groups is 1. The highest BCUT2D eigenvalue weighted by molar-refractivity contribution is 9.10. The largest absolute Gasteiger partial charge is 0.343 e. The van der Waals surface area contributed by atoms with Crippen LogP contribution in [0.15, 0.2) is 28.7 Å². The summed E-state index contributed by atoms with van der Waals surface area (Å²) in [5.41, 5.74) is 1.03. The Balaban J connectivity index is 1.70. The topological polar surface area (TPSA) is 61.4 Å². The van der Waals surface area contributed by atoms with Gasteiger partial charge in [0, 0.05) is 30.5 Å². The second-order valence-corrected chi connectivity index (χ2v) is 7.14. The van der Waals surface area contributed by atoms with Crippen LogP contribution in [0.2, 0.25) is 0 Å².